The minimum absolute atomic E-state index is 0.0677. The second kappa shape index (κ2) is 6.50. The Bertz CT molecular complexity index is 628. The summed E-state index contributed by atoms with van der Waals surface area (Å²) in [6.07, 6.45) is 0. The Morgan fingerprint density at radius 1 is 1.20 bits per heavy atom. The van der Waals surface area contributed by atoms with Gasteiger partial charge in [-0.15, -0.1) is 0 Å². The summed E-state index contributed by atoms with van der Waals surface area (Å²) in [7, 11) is 0. The van der Waals surface area contributed by atoms with Gasteiger partial charge in [-0.05, 0) is 29.8 Å². The normalized spacial score (nSPS) is 10.5. The first-order valence-corrected chi connectivity index (χ1v) is 6.28. The fraction of sp³-hybridized carbons (Fsp3) is 0.133. The Kier molecular flexibility index (Phi) is 4.71. The van der Waals surface area contributed by atoms with Crippen LogP contribution in [0.4, 0.5) is 4.39 Å². The lowest BCUT2D eigenvalue weighted by Gasteiger charge is -2.06. The maximum atomic E-state index is 13.6. The Morgan fingerprint density at radius 3 is 2.65 bits per heavy atom. The minimum Gasteiger partial charge on any atom is -0.478 e. The molecule has 5 heteroatoms. The Hall–Kier alpha value is -1.91. The number of rotatable bonds is 5. The molecule has 0 spiro atoms. The summed E-state index contributed by atoms with van der Waals surface area (Å²) in [5.41, 5.74) is 1.12. The van der Waals surface area contributed by atoms with Crippen LogP contribution in [-0.4, -0.2) is 11.1 Å². The number of aromatic carboxylic acids is 1. The number of hydrogen-bond acceptors (Lipinski definition) is 2. The molecule has 0 bridgehead atoms. The van der Waals surface area contributed by atoms with Crippen molar-refractivity contribution >= 4 is 17.6 Å². The number of hydrogen-bond donors (Lipinski definition) is 1. The predicted octanol–water partition coefficient (Wildman–Crippen LogP) is 3.89. The third kappa shape index (κ3) is 3.79. The van der Waals surface area contributed by atoms with Crippen molar-refractivity contribution < 1.29 is 19.0 Å². The maximum Gasteiger partial charge on any atom is 0.335 e. The van der Waals surface area contributed by atoms with E-state index >= 15 is 0 Å². The van der Waals surface area contributed by atoms with E-state index in [2.05, 4.69) is 0 Å². The van der Waals surface area contributed by atoms with Crippen molar-refractivity contribution in [3.05, 3.63) is 70.0 Å². The summed E-state index contributed by atoms with van der Waals surface area (Å²) in [5, 5.41) is 9.35. The molecule has 104 valence electrons. The molecule has 0 fully saturated rings. The van der Waals surface area contributed by atoms with E-state index in [0.717, 1.165) is 11.6 Å². The van der Waals surface area contributed by atoms with Crippen LogP contribution < -0.4 is 0 Å². The molecule has 1 N–H and O–H groups in total. The van der Waals surface area contributed by atoms with Gasteiger partial charge in [0.25, 0.3) is 0 Å². The van der Waals surface area contributed by atoms with Crippen molar-refractivity contribution in [2.24, 2.45) is 0 Å². The zero-order chi connectivity index (χ0) is 14.5. The lowest BCUT2D eigenvalue weighted by Crippen LogP contribution is -2.01. The number of halogens is 2. The van der Waals surface area contributed by atoms with Crippen LogP contribution in [0.2, 0.25) is 5.02 Å². The number of benzene rings is 2. The molecule has 3 nitrogen and oxygen atoms in total. The average Bonchev–Trinajstić information content (AvgIpc) is 2.40. The lowest BCUT2D eigenvalue weighted by atomic mass is 10.1. The molecule has 0 aromatic heterocycles. The highest BCUT2D eigenvalue weighted by molar-refractivity contribution is 6.30. The van der Waals surface area contributed by atoms with Gasteiger partial charge in [0.2, 0.25) is 0 Å². The fourth-order valence-corrected chi connectivity index (χ4v) is 1.92. The summed E-state index contributed by atoms with van der Waals surface area (Å²) in [5.74, 6) is -1.74. The molecular weight excluding hydrogens is 283 g/mol. The maximum absolute atomic E-state index is 13.6. The first kappa shape index (κ1) is 14.5. The van der Waals surface area contributed by atoms with Gasteiger partial charge in [0, 0.05) is 10.6 Å². The molecule has 0 saturated carbocycles. The van der Waals surface area contributed by atoms with Gasteiger partial charge in [-0.1, -0.05) is 29.8 Å². The van der Waals surface area contributed by atoms with Gasteiger partial charge >= 0.3 is 5.97 Å². The van der Waals surface area contributed by atoms with Crippen molar-refractivity contribution in [3.8, 4) is 0 Å². The van der Waals surface area contributed by atoms with Crippen molar-refractivity contribution in [2.45, 2.75) is 13.2 Å². The van der Waals surface area contributed by atoms with E-state index in [-0.39, 0.29) is 12.2 Å². The average molecular weight is 295 g/mol. The van der Waals surface area contributed by atoms with E-state index in [4.69, 9.17) is 21.4 Å². The molecule has 0 aliphatic carbocycles. The lowest BCUT2D eigenvalue weighted by molar-refractivity contribution is 0.0695. The van der Waals surface area contributed by atoms with E-state index in [1.54, 1.807) is 12.1 Å². The number of carboxylic acid groups (broad SMARTS) is 1. The Balaban J connectivity index is 1.96. The van der Waals surface area contributed by atoms with E-state index in [1.807, 2.05) is 12.1 Å². The summed E-state index contributed by atoms with van der Waals surface area (Å²) in [6, 6.07) is 10.9. The second-order valence-corrected chi connectivity index (χ2v) is 4.67. The first-order chi connectivity index (χ1) is 9.56. The molecule has 2 aromatic rings. The zero-order valence-corrected chi connectivity index (χ0v) is 11.2. The van der Waals surface area contributed by atoms with Crippen LogP contribution in [0.5, 0.6) is 0 Å². The van der Waals surface area contributed by atoms with E-state index in [1.165, 1.54) is 12.1 Å². The molecule has 0 saturated heterocycles. The molecule has 0 aliphatic rings. The SMILES string of the molecule is O=C(O)c1ccc(COCc2cccc(Cl)c2)c(F)c1. The van der Waals surface area contributed by atoms with Crippen LogP contribution >= 0.6 is 11.6 Å². The quantitative estimate of drug-likeness (QED) is 0.910. The molecule has 2 aromatic carbocycles. The monoisotopic (exact) mass is 294 g/mol. The smallest absolute Gasteiger partial charge is 0.335 e. The molecule has 0 atom stereocenters. The second-order valence-electron chi connectivity index (χ2n) is 4.23. The van der Waals surface area contributed by atoms with Crippen molar-refractivity contribution in [1.82, 2.24) is 0 Å². The van der Waals surface area contributed by atoms with Gasteiger partial charge in [0.15, 0.2) is 0 Å². The molecule has 0 heterocycles. The summed E-state index contributed by atoms with van der Waals surface area (Å²) >= 11 is 5.84. The molecule has 0 aliphatic heterocycles. The number of ether oxygens (including phenoxy) is 1. The highest BCUT2D eigenvalue weighted by Crippen LogP contribution is 2.15. The molecule has 0 radical (unpaired) electrons. The highest BCUT2D eigenvalue weighted by Gasteiger charge is 2.08. The van der Waals surface area contributed by atoms with E-state index in [9.17, 15) is 9.18 Å². The van der Waals surface area contributed by atoms with Crippen molar-refractivity contribution in [1.29, 1.82) is 0 Å². The van der Waals surface area contributed by atoms with Gasteiger partial charge in [-0.3, -0.25) is 0 Å². The van der Waals surface area contributed by atoms with Gasteiger partial charge < -0.3 is 9.84 Å². The molecule has 0 unspecified atom stereocenters. The van der Waals surface area contributed by atoms with Gasteiger partial charge in [-0.2, -0.15) is 0 Å². The topological polar surface area (TPSA) is 46.5 Å². The number of carbonyl (C=O) groups is 1. The largest absolute Gasteiger partial charge is 0.478 e. The molecule has 2 rings (SSSR count). The Morgan fingerprint density at radius 2 is 2.00 bits per heavy atom. The van der Waals surface area contributed by atoms with E-state index in [0.29, 0.717) is 17.2 Å². The fourth-order valence-electron chi connectivity index (χ4n) is 1.70. The van der Waals surface area contributed by atoms with Crippen LogP contribution in [0.3, 0.4) is 0 Å². The van der Waals surface area contributed by atoms with Gasteiger partial charge in [0.05, 0.1) is 18.8 Å². The standard InChI is InChI=1S/C15H12ClFO3/c16-13-3-1-2-10(6-13)8-20-9-12-5-4-11(15(18)19)7-14(12)17/h1-7H,8-9H2,(H,18,19). The molecule has 0 amide bonds. The number of carboxylic acids is 1. The summed E-state index contributed by atoms with van der Waals surface area (Å²) in [6.45, 7) is 0.374. The third-order valence-corrected chi connectivity index (χ3v) is 2.95. The minimum atomic E-state index is -1.16. The van der Waals surface area contributed by atoms with Crippen molar-refractivity contribution in [2.75, 3.05) is 0 Å². The van der Waals surface area contributed by atoms with Crippen LogP contribution in [-0.2, 0) is 18.0 Å². The van der Waals surface area contributed by atoms with Crippen LogP contribution in [0.15, 0.2) is 42.5 Å². The van der Waals surface area contributed by atoms with E-state index < -0.39 is 11.8 Å². The van der Waals surface area contributed by atoms with Gasteiger partial charge in [0.1, 0.15) is 5.82 Å². The van der Waals surface area contributed by atoms with Crippen molar-refractivity contribution in [3.63, 3.8) is 0 Å². The predicted molar refractivity (Wildman–Crippen MR) is 73.3 cm³/mol. The summed E-state index contributed by atoms with van der Waals surface area (Å²) < 4.78 is 19.0. The molecule has 20 heavy (non-hydrogen) atoms. The summed E-state index contributed by atoms with van der Waals surface area (Å²) in [4.78, 5) is 10.7. The van der Waals surface area contributed by atoms with Crippen LogP contribution in [0, 0.1) is 5.82 Å². The zero-order valence-electron chi connectivity index (χ0n) is 10.5. The van der Waals surface area contributed by atoms with Crippen LogP contribution in [0.25, 0.3) is 0 Å². The molecular formula is C15H12ClFO3. The Labute approximate surface area is 120 Å². The third-order valence-electron chi connectivity index (χ3n) is 2.72. The highest BCUT2D eigenvalue weighted by atomic mass is 35.5. The van der Waals surface area contributed by atoms with Crippen LogP contribution in [0.1, 0.15) is 21.5 Å². The van der Waals surface area contributed by atoms with Gasteiger partial charge in [-0.25, -0.2) is 9.18 Å². The first-order valence-electron chi connectivity index (χ1n) is 5.90.